The molecular formula is C28H24N4O4S2. The molecule has 8 nitrogen and oxygen atoms in total. The third-order valence-corrected chi connectivity index (χ3v) is 9.27. The van der Waals surface area contributed by atoms with Crippen molar-refractivity contribution >= 4 is 42.3 Å². The number of rotatable bonds is 7. The van der Waals surface area contributed by atoms with E-state index in [1.54, 1.807) is 61.7 Å². The first-order valence-corrected chi connectivity index (χ1v) is 14.9. The minimum absolute atomic E-state index is 0.0263. The number of aromatic nitrogens is 2. The first kappa shape index (κ1) is 25.4. The van der Waals surface area contributed by atoms with Gasteiger partial charge >= 0.3 is 0 Å². The van der Waals surface area contributed by atoms with Crippen LogP contribution < -0.4 is 10.5 Å². The molecule has 0 radical (unpaired) electrons. The summed E-state index contributed by atoms with van der Waals surface area (Å²) in [6.07, 6.45) is 3.10. The van der Waals surface area contributed by atoms with Gasteiger partial charge in [0.05, 0.1) is 32.9 Å². The van der Waals surface area contributed by atoms with E-state index in [2.05, 4.69) is 14.7 Å². The second kappa shape index (κ2) is 9.88. The molecule has 0 aliphatic carbocycles. The lowest BCUT2D eigenvalue weighted by Crippen LogP contribution is -2.12. The highest BCUT2D eigenvalue weighted by Gasteiger charge is 2.15. The Morgan fingerprint density at radius 2 is 1.47 bits per heavy atom. The zero-order chi connectivity index (χ0) is 26.9. The van der Waals surface area contributed by atoms with Crippen LogP contribution in [0.3, 0.4) is 0 Å². The van der Waals surface area contributed by atoms with E-state index < -0.39 is 19.9 Å². The molecular weight excluding hydrogens is 520 g/mol. The van der Waals surface area contributed by atoms with E-state index in [1.165, 1.54) is 18.3 Å². The number of pyridine rings is 2. The van der Waals surface area contributed by atoms with Gasteiger partial charge in [0.25, 0.3) is 10.0 Å². The zero-order valence-corrected chi connectivity index (χ0v) is 22.0. The Kier molecular flexibility index (Phi) is 6.60. The first-order chi connectivity index (χ1) is 18.2. The Labute approximate surface area is 221 Å². The SMILES string of the molecule is CCS(=O)(=O)c1ccc(-c2cc3cc(-c4cncc(NS(=O)(=O)c5ccccc5)c4)ccc3nc2N)cc1. The van der Waals surface area contributed by atoms with Crippen LogP contribution in [0.4, 0.5) is 11.5 Å². The van der Waals surface area contributed by atoms with Crippen LogP contribution in [-0.4, -0.2) is 32.6 Å². The maximum absolute atomic E-state index is 12.7. The number of hydrogen-bond donors (Lipinski definition) is 2. The third kappa shape index (κ3) is 5.09. The van der Waals surface area contributed by atoms with Crippen molar-refractivity contribution in [1.82, 2.24) is 9.97 Å². The molecule has 0 aliphatic heterocycles. The van der Waals surface area contributed by atoms with E-state index in [0.29, 0.717) is 28.1 Å². The summed E-state index contributed by atoms with van der Waals surface area (Å²) in [5.74, 6) is 0.355. The summed E-state index contributed by atoms with van der Waals surface area (Å²) in [5.41, 5.74) is 10.2. The highest BCUT2D eigenvalue weighted by molar-refractivity contribution is 7.92. The maximum atomic E-state index is 12.7. The molecule has 0 saturated heterocycles. The van der Waals surface area contributed by atoms with Crippen LogP contribution in [-0.2, 0) is 19.9 Å². The average Bonchev–Trinajstić information content (AvgIpc) is 2.93. The molecule has 0 fully saturated rings. The van der Waals surface area contributed by atoms with E-state index in [4.69, 9.17) is 5.73 Å². The van der Waals surface area contributed by atoms with E-state index in [0.717, 1.165) is 16.5 Å². The Hall–Kier alpha value is -4.28. The highest BCUT2D eigenvalue weighted by Crippen LogP contribution is 2.32. The molecule has 2 aromatic heterocycles. The van der Waals surface area contributed by atoms with Crippen LogP contribution in [0.5, 0.6) is 0 Å². The van der Waals surface area contributed by atoms with Crippen molar-refractivity contribution in [2.45, 2.75) is 16.7 Å². The van der Waals surface area contributed by atoms with E-state index in [9.17, 15) is 16.8 Å². The smallest absolute Gasteiger partial charge is 0.261 e. The van der Waals surface area contributed by atoms with Crippen molar-refractivity contribution < 1.29 is 16.8 Å². The number of nitrogens with one attached hydrogen (secondary N) is 1. The van der Waals surface area contributed by atoms with Gasteiger partial charge in [-0.1, -0.05) is 43.3 Å². The van der Waals surface area contributed by atoms with Gasteiger partial charge in [0, 0.05) is 22.7 Å². The molecule has 3 aromatic carbocycles. The molecule has 10 heteroatoms. The molecule has 2 heterocycles. The predicted molar refractivity (Wildman–Crippen MR) is 150 cm³/mol. The van der Waals surface area contributed by atoms with Crippen LogP contribution in [0, 0.1) is 0 Å². The van der Waals surface area contributed by atoms with Crippen molar-refractivity contribution in [3.05, 3.63) is 97.3 Å². The van der Waals surface area contributed by atoms with Crippen molar-refractivity contribution in [1.29, 1.82) is 0 Å². The number of hydrogen-bond acceptors (Lipinski definition) is 7. The second-order valence-corrected chi connectivity index (χ2v) is 12.6. The summed E-state index contributed by atoms with van der Waals surface area (Å²) in [7, 11) is -7.06. The topological polar surface area (TPSA) is 132 Å². The fourth-order valence-electron chi connectivity index (χ4n) is 4.08. The lowest BCUT2D eigenvalue weighted by atomic mass is 10.0. The molecule has 0 spiro atoms. The normalized spacial score (nSPS) is 11.9. The summed E-state index contributed by atoms with van der Waals surface area (Å²) in [6, 6.07) is 23.9. The number of benzene rings is 3. The van der Waals surface area contributed by atoms with Gasteiger partial charge in [-0.25, -0.2) is 21.8 Å². The van der Waals surface area contributed by atoms with Crippen molar-refractivity contribution in [2.24, 2.45) is 0 Å². The Bertz CT molecular complexity index is 1860. The number of anilines is 2. The molecule has 0 unspecified atom stereocenters. The predicted octanol–water partition coefficient (Wildman–Crippen LogP) is 5.14. The molecule has 3 N–H and O–H groups in total. The molecule has 0 amide bonds. The van der Waals surface area contributed by atoms with Crippen molar-refractivity contribution in [2.75, 3.05) is 16.2 Å². The van der Waals surface area contributed by atoms with Gasteiger partial charge in [-0.3, -0.25) is 9.71 Å². The quantitative estimate of drug-likeness (QED) is 0.290. The van der Waals surface area contributed by atoms with Crippen molar-refractivity contribution in [3.63, 3.8) is 0 Å². The lowest BCUT2D eigenvalue weighted by molar-refractivity contribution is 0.596. The number of nitrogens with two attached hydrogens (primary N) is 1. The molecule has 38 heavy (non-hydrogen) atoms. The second-order valence-electron chi connectivity index (χ2n) is 8.64. The number of nitrogens with zero attached hydrogens (tertiary/aromatic N) is 2. The number of sulfonamides is 1. The molecule has 0 saturated carbocycles. The van der Waals surface area contributed by atoms with Gasteiger partial charge in [0.1, 0.15) is 5.82 Å². The molecule has 0 aliphatic rings. The monoisotopic (exact) mass is 544 g/mol. The Morgan fingerprint density at radius 1 is 0.763 bits per heavy atom. The van der Waals surface area contributed by atoms with Gasteiger partial charge < -0.3 is 5.73 Å². The summed E-state index contributed by atoms with van der Waals surface area (Å²) in [6.45, 7) is 1.61. The van der Waals surface area contributed by atoms with Crippen LogP contribution in [0.2, 0.25) is 0 Å². The summed E-state index contributed by atoms with van der Waals surface area (Å²) in [5, 5.41) is 0.812. The highest BCUT2D eigenvalue weighted by atomic mass is 32.2. The fraction of sp³-hybridized carbons (Fsp3) is 0.0714. The average molecular weight is 545 g/mol. The summed E-state index contributed by atoms with van der Waals surface area (Å²) < 4.78 is 52.3. The van der Waals surface area contributed by atoms with Gasteiger partial charge in [-0.05, 0) is 59.7 Å². The van der Waals surface area contributed by atoms with Crippen LogP contribution in [0.25, 0.3) is 33.2 Å². The van der Waals surface area contributed by atoms with Gasteiger partial charge in [-0.15, -0.1) is 0 Å². The molecule has 0 bridgehead atoms. The minimum Gasteiger partial charge on any atom is -0.383 e. The van der Waals surface area contributed by atoms with Crippen molar-refractivity contribution in [3.8, 4) is 22.3 Å². The summed E-state index contributed by atoms with van der Waals surface area (Å²) >= 11 is 0. The largest absolute Gasteiger partial charge is 0.383 e. The van der Waals surface area contributed by atoms with Crippen LogP contribution >= 0.6 is 0 Å². The molecule has 5 rings (SSSR count). The van der Waals surface area contributed by atoms with E-state index in [1.807, 2.05) is 24.3 Å². The Morgan fingerprint density at radius 3 is 2.18 bits per heavy atom. The number of fused-ring (bicyclic) bond motifs is 1. The standard InChI is InChI=1S/C28H24N4O4S2/c1-2-37(33,34)24-11-8-19(9-12-24)26-16-21-14-20(10-13-27(21)31-28(26)29)22-15-23(18-30-17-22)32-38(35,36)25-6-4-3-5-7-25/h3-18,32H,2H2,1H3,(H2,29,31). The van der Waals surface area contributed by atoms with Gasteiger partial charge in [0.2, 0.25) is 0 Å². The fourth-order valence-corrected chi connectivity index (χ4v) is 6.02. The third-order valence-electron chi connectivity index (χ3n) is 6.13. The van der Waals surface area contributed by atoms with Gasteiger partial charge in [0.15, 0.2) is 9.84 Å². The van der Waals surface area contributed by atoms with Gasteiger partial charge in [-0.2, -0.15) is 0 Å². The van der Waals surface area contributed by atoms with Crippen LogP contribution in [0.1, 0.15) is 6.92 Å². The minimum atomic E-state index is -3.75. The molecule has 192 valence electrons. The first-order valence-electron chi connectivity index (χ1n) is 11.7. The number of sulfone groups is 1. The maximum Gasteiger partial charge on any atom is 0.261 e. The zero-order valence-electron chi connectivity index (χ0n) is 20.4. The molecule has 5 aromatic rings. The Balaban J connectivity index is 1.49. The number of nitrogen functional groups attached to an aromatic ring is 1. The van der Waals surface area contributed by atoms with E-state index >= 15 is 0 Å². The lowest BCUT2D eigenvalue weighted by Gasteiger charge is -2.11. The molecule has 0 atom stereocenters. The summed E-state index contributed by atoms with van der Waals surface area (Å²) in [4.78, 5) is 9.17. The van der Waals surface area contributed by atoms with E-state index in [-0.39, 0.29) is 15.5 Å². The van der Waals surface area contributed by atoms with Crippen LogP contribution in [0.15, 0.2) is 107 Å².